The van der Waals surface area contributed by atoms with E-state index in [0.717, 1.165) is 0 Å². The molecule has 0 saturated heterocycles. The number of benzene rings is 1. The van der Waals surface area contributed by atoms with E-state index >= 15 is 0 Å². The molecule has 0 aliphatic carbocycles. The highest BCUT2D eigenvalue weighted by molar-refractivity contribution is 6.36. The van der Waals surface area contributed by atoms with Crippen molar-refractivity contribution in [2.75, 3.05) is 14.2 Å². The van der Waals surface area contributed by atoms with E-state index in [0.29, 0.717) is 10.0 Å². The Morgan fingerprint density at radius 2 is 1.58 bits per heavy atom. The van der Waals surface area contributed by atoms with Gasteiger partial charge in [-0.25, -0.2) is 0 Å². The first-order valence-electron chi connectivity index (χ1n) is 3.68. The van der Waals surface area contributed by atoms with Gasteiger partial charge in [0.15, 0.2) is 0 Å². The smallest absolute Gasteiger partial charge is 0.141 e. The van der Waals surface area contributed by atoms with Crippen LogP contribution in [-0.4, -0.2) is 14.2 Å². The highest BCUT2D eigenvalue weighted by atomic mass is 35.5. The first-order valence-corrected chi connectivity index (χ1v) is 3.94. The Kier molecular flexibility index (Phi) is 2.59. The van der Waals surface area contributed by atoms with E-state index in [1.165, 1.54) is 20.3 Å². The standard InChI is InChI=1S/C8H8Cl2O2/c1-11-7-4-8(12-2)6(10)3-5(7)9/h3-4H,1-2H3/i4D. The third-order valence-electron chi connectivity index (χ3n) is 1.32. The number of methoxy groups -OCH3 is 2. The van der Waals surface area contributed by atoms with Gasteiger partial charge in [0.2, 0.25) is 0 Å². The summed E-state index contributed by atoms with van der Waals surface area (Å²) < 4.78 is 17.4. The van der Waals surface area contributed by atoms with Gasteiger partial charge < -0.3 is 9.47 Å². The molecule has 0 fully saturated rings. The lowest BCUT2D eigenvalue weighted by Gasteiger charge is -2.07. The third-order valence-corrected chi connectivity index (χ3v) is 1.88. The van der Waals surface area contributed by atoms with Crippen molar-refractivity contribution in [2.45, 2.75) is 0 Å². The van der Waals surface area contributed by atoms with Crippen molar-refractivity contribution in [1.29, 1.82) is 0 Å². The molecule has 0 unspecified atom stereocenters. The average Bonchev–Trinajstić information content (AvgIpc) is 2.04. The second-order valence-corrected chi connectivity index (χ2v) is 2.85. The van der Waals surface area contributed by atoms with Gasteiger partial charge in [0, 0.05) is 6.04 Å². The Morgan fingerprint density at radius 1 is 1.17 bits per heavy atom. The van der Waals surface area contributed by atoms with Crippen molar-refractivity contribution in [3.05, 3.63) is 22.2 Å². The van der Waals surface area contributed by atoms with Crippen LogP contribution in [0, 0.1) is 0 Å². The molecule has 12 heavy (non-hydrogen) atoms. The highest BCUT2D eigenvalue weighted by Crippen LogP contribution is 2.35. The van der Waals surface area contributed by atoms with Crippen LogP contribution >= 0.6 is 23.2 Å². The highest BCUT2D eigenvalue weighted by Gasteiger charge is 2.06. The molecule has 1 aromatic carbocycles. The zero-order valence-electron chi connectivity index (χ0n) is 7.65. The molecule has 0 saturated carbocycles. The van der Waals surface area contributed by atoms with Gasteiger partial charge in [-0.05, 0) is 6.07 Å². The molecular weight excluding hydrogens is 199 g/mol. The van der Waals surface area contributed by atoms with Crippen LogP contribution in [0.2, 0.25) is 10.0 Å². The minimum atomic E-state index is 0.0579. The Balaban J connectivity index is 3.39. The van der Waals surface area contributed by atoms with Gasteiger partial charge in [0.1, 0.15) is 11.5 Å². The predicted molar refractivity (Wildman–Crippen MR) is 49.6 cm³/mol. The minimum Gasteiger partial charge on any atom is -0.495 e. The van der Waals surface area contributed by atoms with Gasteiger partial charge in [-0.3, -0.25) is 0 Å². The normalized spacial score (nSPS) is 10.8. The fourth-order valence-corrected chi connectivity index (χ4v) is 1.28. The zero-order chi connectivity index (χ0) is 10.0. The van der Waals surface area contributed by atoms with Crippen molar-refractivity contribution in [3.8, 4) is 11.5 Å². The van der Waals surface area contributed by atoms with E-state index in [9.17, 15) is 0 Å². The van der Waals surface area contributed by atoms with Gasteiger partial charge in [-0.2, -0.15) is 0 Å². The number of halogens is 2. The molecular formula is C8H8Cl2O2. The van der Waals surface area contributed by atoms with Crippen molar-refractivity contribution in [3.63, 3.8) is 0 Å². The summed E-state index contributed by atoms with van der Waals surface area (Å²) >= 11 is 11.6. The Labute approximate surface area is 82.4 Å². The average molecular weight is 208 g/mol. The first kappa shape index (κ1) is 8.02. The molecule has 0 spiro atoms. The summed E-state index contributed by atoms with van der Waals surface area (Å²) in [6, 6.07) is 1.54. The Bertz CT molecular complexity index is 300. The molecule has 0 heterocycles. The molecule has 0 bridgehead atoms. The summed E-state index contributed by atoms with van der Waals surface area (Å²) in [6.07, 6.45) is 0. The molecule has 0 aromatic heterocycles. The van der Waals surface area contributed by atoms with Crippen molar-refractivity contribution in [2.24, 2.45) is 0 Å². The Morgan fingerprint density at radius 3 is 1.92 bits per heavy atom. The maximum Gasteiger partial charge on any atom is 0.141 e. The van der Waals surface area contributed by atoms with Crippen molar-refractivity contribution < 1.29 is 10.8 Å². The maximum absolute atomic E-state index is 7.61. The van der Waals surface area contributed by atoms with Gasteiger partial charge >= 0.3 is 0 Å². The summed E-state index contributed by atoms with van der Waals surface area (Å²) in [5.74, 6) is 0.533. The van der Waals surface area contributed by atoms with Crippen molar-refractivity contribution >= 4 is 23.2 Å². The quantitative estimate of drug-likeness (QED) is 0.743. The van der Waals surface area contributed by atoms with Crippen molar-refractivity contribution in [1.82, 2.24) is 0 Å². The van der Waals surface area contributed by atoms with E-state index in [-0.39, 0.29) is 17.5 Å². The number of ether oxygens (including phenoxy) is 2. The van der Waals surface area contributed by atoms with Crippen LogP contribution in [0.5, 0.6) is 11.5 Å². The molecule has 0 N–H and O–H groups in total. The van der Waals surface area contributed by atoms with Gasteiger partial charge in [0.05, 0.1) is 25.6 Å². The molecule has 4 heteroatoms. The molecule has 2 nitrogen and oxygen atoms in total. The lowest BCUT2D eigenvalue weighted by Crippen LogP contribution is -1.88. The van der Waals surface area contributed by atoms with E-state index in [4.69, 9.17) is 34.0 Å². The fourth-order valence-electron chi connectivity index (χ4n) is 0.762. The van der Waals surface area contributed by atoms with Gasteiger partial charge in [0.25, 0.3) is 0 Å². The van der Waals surface area contributed by atoms with Crippen LogP contribution in [0.25, 0.3) is 0 Å². The van der Waals surface area contributed by atoms with E-state index in [1.807, 2.05) is 0 Å². The zero-order valence-corrected chi connectivity index (χ0v) is 8.16. The van der Waals surface area contributed by atoms with Crippen LogP contribution < -0.4 is 9.47 Å². The van der Waals surface area contributed by atoms with Gasteiger partial charge in [-0.1, -0.05) is 23.2 Å². The Hall–Kier alpha value is -0.600. The number of rotatable bonds is 2. The molecule has 0 aliphatic rings. The molecule has 0 radical (unpaired) electrons. The lowest BCUT2D eigenvalue weighted by molar-refractivity contribution is 0.394. The number of hydrogen-bond donors (Lipinski definition) is 0. The summed E-state index contributed by atoms with van der Waals surface area (Å²) in [5, 5.41) is 0.608. The van der Waals surface area contributed by atoms with Crippen LogP contribution in [0.3, 0.4) is 0 Å². The molecule has 0 amide bonds. The van der Waals surface area contributed by atoms with Crippen LogP contribution in [0.1, 0.15) is 1.37 Å². The number of hydrogen-bond acceptors (Lipinski definition) is 2. The second-order valence-electron chi connectivity index (χ2n) is 2.03. The topological polar surface area (TPSA) is 18.5 Å². The molecule has 0 aliphatic heterocycles. The fraction of sp³-hybridized carbons (Fsp3) is 0.250. The summed E-state index contributed by atoms with van der Waals surface area (Å²) in [5.41, 5.74) is 0. The second kappa shape index (κ2) is 3.87. The largest absolute Gasteiger partial charge is 0.495 e. The minimum absolute atomic E-state index is 0.0579. The van der Waals surface area contributed by atoms with Crippen LogP contribution in [0.15, 0.2) is 12.1 Å². The monoisotopic (exact) mass is 207 g/mol. The van der Waals surface area contributed by atoms with Crippen LogP contribution in [0.4, 0.5) is 0 Å². The first-order chi connectivity index (χ1) is 6.11. The summed E-state index contributed by atoms with van der Waals surface area (Å²) in [4.78, 5) is 0. The lowest BCUT2D eigenvalue weighted by atomic mass is 10.3. The summed E-state index contributed by atoms with van der Waals surface area (Å²) in [7, 11) is 2.87. The third kappa shape index (κ3) is 1.76. The molecule has 66 valence electrons. The SMILES string of the molecule is [2H]c1c(OC)c(Cl)cc(Cl)c1OC. The molecule has 0 atom stereocenters. The molecule has 1 rings (SSSR count). The van der Waals surface area contributed by atoms with E-state index < -0.39 is 0 Å². The van der Waals surface area contributed by atoms with E-state index in [1.54, 1.807) is 0 Å². The maximum atomic E-state index is 7.61. The summed E-state index contributed by atoms with van der Waals surface area (Å²) in [6.45, 7) is 0. The van der Waals surface area contributed by atoms with Gasteiger partial charge in [-0.15, -0.1) is 0 Å². The van der Waals surface area contributed by atoms with E-state index in [2.05, 4.69) is 0 Å². The predicted octanol–water partition coefficient (Wildman–Crippen LogP) is 3.01. The van der Waals surface area contributed by atoms with Crippen LogP contribution in [-0.2, 0) is 0 Å². The molecule has 1 aromatic rings.